The van der Waals surface area contributed by atoms with Crippen molar-refractivity contribution in [3.63, 3.8) is 0 Å². The SMILES string of the molecule is CC(C)C1CCC(N2CC(NC(=O)CNc3noc4ccc(OC(F)(F)F)cc34)C2)CC1. The lowest BCUT2D eigenvalue weighted by Gasteiger charge is -2.47. The van der Waals surface area contributed by atoms with Crippen LogP contribution in [0.2, 0.25) is 0 Å². The number of fused-ring (bicyclic) bond motifs is 1. The van der Waals surface area contributed by atoms with Gasteiger partial charge in [-0.25, -0.2) is 0 Å². The van der Waals surface area contributed by atoms with Gasteiger partial charge in [0.05, 0.1) is 18.0 Å². The van der Waals surface area contributed by atoms with Gasteiger partial charge in [-0.15, -0.1) is 13.2 Å². The summed E-state index contributed by atoms with van der Waals surface area (Å²) in [4.78, 5) is 14.8. The number of nitrogens with zero attached hydrogens (tertiary/aromatic N) is 2. The summed E-state index contributed by atoms with van der Waals surface area (Å²) < 4.78 is 46.4. The number of nitrogens with one attached hydrogen (secondary N) is 2. The molecular weight excluding hydrogens is 425 g/mol. The number of carbonyl (C=O) groups excluding carboxylic acids is 1. The molecule has 2 N–H and O–H groups in total. The molecule has 0 unspecified atom stereocenters. The Bertz CT molecular complexity index is 932. The molecule has 176 valence electrons. The number of carbonyl (C=O) groups is 1. The summed E-state index contributed by atoms with van der Waals surface area (Å²) in [5.41, 5.74) is 0.296. The number of hydrogen-bond acceptors (Lipinski definition) is 6. The van der Waals surface area contributed by atoms with E-state index in [4.69, 9.17) is 4.52 Å². The minimum Gasteiger partial charge on any atom is -0.406 e. The van der Waals surface area contributed by atoms with Crippen LogP contribution in [0.3, 0.4) is 0 Å². The number of benzene rings is 1. The van der Waals surface area contributed by atoms with Crippen LogP contribution in [0.15, 0.2) is 22.7 Å². The molecule has 1 aliphatic carbocycles. The van der Waals surface area contributed by atoms with Gasteiger partial charge in [-0.1, -0.05) is 19.0 Å². The Hall–Kier alpha value is -2.49. The Morgan fingerprint density at radius 1 is 1.25 bits per heavy atom. The Morgan fingerprint density at radius 3 is 2.62 bits per heavy atom. The smallest absolute Gasteiger partial charge is 0.406 e. The van der Waals surface area contributed by atoms with Crippen LogP contribution in [0.25, 0.3) is 11.0 Å². The van der Waals surface area contributed by atoms with Gasteiger partial charge in [0.25, 0.3) is 0 Å². The van der Waals surface area contributed by atoms with Crippen LogP contribution < -0.4 is 15.4 Å². The molecule has 2 aliphatic rings. The molecule has 1 aromatic heterocycles. The topological polar surface area (TPSA) is 79.6 Å². The van der Waals surface area contributed by atoms with Crippen LogP contribution in [0.1, 0.15) is 39.5 Å². The van der Waals surface area contributed by atoms with Gasteiger partial charge in [0.2, 0.25) is 5.91 Å². The van der Waals surface area contributed by atoms with Crippen molar-refractivity contribution in [1.29, 1.82) is 0 Å². The molecule has 1 saturated carbocycles. The fourth-order valence-electron chi connectivity index (χ4n) is 4.72. The van der Waals surface area contributed by atoms with E-state index in [0.717, 1.165) is 31.0 Å². The third-order valence-electron chi connectivity index (χ3n) is 6.57. The van der Waals surface area contributed by atoms with Gasteiger partial charge in [-0.2, -0.15) is 0 Å². The fourth-order valence-corrected chi connectivity index (χ4v) is 4.72. The second-order valence-corrected chi connectivity index (χ2v) is 9.12. The van der Waals surface area contributed by atoms with Crippen molar-refractivity contribution >= 4 is 22.7 Å². The summed E-state index contributed by atoms with van der Waals surface area (Å²) in [5, 5.41) is 9.93. The molecular formula is C22H29F3N4O3. The molecule has 7 nitrogen and oxygen atoms in total. The Balaban J connectivity index is 1.22. The van der Waals surface area contributed by atoms with Gasteiger partial charge in [0, 0.05) is 19.1 Å². The zero-order valence-corrected chi connectivity index (χ0v) is 18.2. The number of aromatic nitrogens is 1. The highest BCUT2D eigenvalue weighted by Gasteiger charge is 2.35. The lowest BCUT2D eigenvalue weighted by molar-refractivity contribution is -0.274. The fraction of sp³-hybridized carbons (Fsp3) is 0.636. The molecule has 2 heterocycles. The highest BCUT2D eigenvalue weighted by atomic mass is 19.4. The van der Waals surface area contributed by atoms with Crippen LogP contribution in [0, 0.1) is 11.8 Å². The average molecular weight is 454 g/mol. The molecule has 2 aromatic rings. The number of amides is 1. The number of anilines is 1. The van der Waals surface area contributed by atoms with Crippen molar-refractivity contribution in [1.82, 2.24) is 15.4 Å². The molecule has 2 fully saturated rings. The second-order valence-electron chi connectivity index (χ2n) is 9.12. The summed E-state index contributed by atoms with van der Waals surface area (Å²) in [6.45, 7) is 6.25. The first-order valence-electron chi connectivity index (χ1n) is 11.1. The first-order valence-corrected chi connectivity index (χ1v) is 11.1. The molecule has 4 rings (SSSR count). The molecule has 0 radical (unpaired) electrons. The molecule has 10 heteroatoms. The zero-order valence-electron chi connectivity index (χ0n) is 18.2. The molecule has 32 heavy (non-hydrogen) atoms. The summed E-state index contributed by atoms with van der Waals surface area (Å²) >= 11 is 0. The van der Waals surface area contributed by atoms with E-state index in [9.17, 15) is 18.0 Å². The summed E-state index contributed by atoms with van der Waals surface area (Å²) in [6.07, 6.45) is 0.222. The minimum absolute atomic E-state index is 0.0536. The third-order valence-corrected chi connectivity index (χ3v) is 6.57. The molecule has 1 saturated heterocycles. The Labute approximate surface area is 184 Å². The van der Waals surface area contributed by atoms with Gasteiger partial charge in [-0.3, -0.25) is 9.69 Å². The van der Waals surface area contributed by atoms with Gasteiger partial charge in [0.15, 0.2) is 11.4 Å². The number of hydrogen-bond donors (Lipinski definition) is 2. The molecule has 1 amide bonds. The summed E-state index contributed by atoms with van der Waals surface area (Å²) in [6, 6.07) is 4.40. The Kier molecular flexibility index (Phi) is 6.50. The molecule has 0 spiro atoms. The molecule has 1 aromatic carbocycles. The van der Waals surface area contributed by atoms with E-state index in [1.54, 1.807) is 0 Å². The van der Waals surface area contributed by atoms with Crippen LogP contribution >= 0.6 is 0 Å². The van der Waals surface area contributed by atoms with Crippen molar-refractivity contribution in [2.75, 3.05) is 25.0 Å². The number of alkyl halides is 3. The molecule has 1 aliphatic heterocycles. The van der Waals surface area contributed by atoms with Gasteiger partial charge in [-0.05, 0) is 55.7 Å². The van der Waals surface area contributed by atoms with E-state index in [1.807, 2.05) is 0 Å². The largest absolute Gasteiger partial charge is 0.573 e. The van der Waals surface area contributed by atoms with Crippen LogP contribution in [-0.4, -0.2) is 54.0 Å². The van der Waals surface area contributed by atoms with Crippen molar-refractivity contribution in [2.45, 2.75) is 58.0 Å². The second kappa shape index (κ2) is 9.17. The van der Waals surface area contributed by atoms with E-state index in [-0.39, 0.29) is 30.1 Å². The quantitative estimate of drug-likeness (QED) is 0.654. The lowest BCUT2D eigenvalue weighted by Crippen LogP contribution is -2.63. The van der Waals surface area contributed by atoms with Crippen LogP contribution in [0.5, 0.6) is 5.75 Å². The summed E-state index contributed by atoms with van der Waals surface area (Å²) in [5.74, 6) is 1.20. The highest BCUT2D eigenvalue weighted by molar-refractivity contribution is 5.91. The number of halogens is 3. The van der Waals surface area contributed by atoms with Gasteiger partial charge < -0.3 is 19.9 Å². The first-order chi connectivity index (χ1) is 15.2. The maximum atomic E-state index is 12.4. The van der Waals surface area contributed by atoms with E-state index in [0.29, 0.717) is 17.0 Å². The lowest BCUT2D eigenvalue weighted by atomic mass is 9.78. The molecule has 0 bridgehead atoms. The van der Waals surface area contributed by atoms with Crippen LogP contribution in [-0.2, 0) is 4.79 Å². The number of rotatable bonds is 7. The third kappa shape index (κ3) is 5.46. The standard InChI is InChI=1S/C22H29F3N4O3/c1-13(2)14-3-5-16(6-4-14)29-11-15(12-29)27-20(30)10-26-21-18-9-17(31-22(23,24)25)7-8-19(18)32-28-21/h7-9,13-16H,3-6,10-12H2,1-2H3,(H,26,28)(H,27,30). The average Bonchev–Trinajstić information content (AvgIpc) is 3.10. The monoisotopic (exact) mass is 454 g/mol. The van der Waals surface area contributed by atoms with Crippen molar-refractivity contribution in [2.24, 2.45) is 11.8 Å². The predicted octanol–water partition coefficient (Wildman–Crippen LogP) is 4.15. The number of ether oxygens (including phenoxy) is 1. The van der Waals surface area contributed by atoms with Gasteiger partial charge >= 0.3 is 6.36 Å². The van der Waals surface area contributed by atoms with Crippen molar-refractivity contribution in [3.8, 4) is 5.75 Å². The Morgan fingerprint density at radius 2 is 1.97 bits per heavy atom. The van der Waals surface area contributed by atoms with Crippen molar-refractivity contribution < 1.29 is 27.2 Å². The van der Waals surface area contributed by atoms with Crippen molar-refractivity contribution in [3.05, 3.63) is 18.2 Å². The van der Waals surface area contributed by atoms with E-state index in [2.05, 4.69) is 39.3 Å². The molecule has 0 atom stereocenters. The summed E-state index contributed by atoms with van der Waals surface area (Å²) in [7, 11) is 0. The maximum Gasteiger partial charge on any atom is 0.573 e. The first kappa shape index (κ1) is 22.7. The highest BCUT2D eigenvalue weighted by Crippen LogP contribution is 2.34. The minimum atomic E-state index is -4.79. The van der Waals surface area contributed by atoms with Crippen LogP contribution in [0.4, 0.5) is 19.0 Å². The van der Waals surface area contributed by atoms with E-state index in [1.165, 1.54) is 37.8 Å². The zero-order chi connectivity index (χ0) is 22.9. The van der Waals surface area contributed by atoms with E-state index < -0.39 is 6.36 Å². The predicted molar refractivity (Wildman–Crippen MR) is 113 cm³/mol. The van der Waals surface area contributed by atoms with E-state index >= 15 is 0 Å². The van der Waals surface area contributed by atoms with Gasteiger partial charge in [0.1, 0.15) is 5.75 Å². The number of likely N-dealkylation sites (tertiary alicyclic amines) is 1. The maximum absolute atomic E-state index is 12.4. The normalized spacial score (nSPS) is 22.7.